The van der Waals surface area contributed by atoms with Gasteiger partial charge in [-0.25, -0.2) is 0 Å². The fourth-order valence-corrected chi connectivity index (χ4v) is 125. The molecule has 2 aromatic carbocycles. The number of fused-ring (bicyclic) bond motifs is 10. The first-order chi connectivity index (χ1) is 24.7. The molecular formula is C50H76FeO2P2. The Morgan fingerprint density at radius 2 is 0.818 bits per heavy atom. The molecule has 0 aliphatic carbocycles. The zero-order valence-electron chi connectivity index (χ0n) is 38.6. The zero-order valence-corrected chi connectivity index (χ0v) is 41.5. The van der Waals surface area contributed by atoms with E-state index in [4.69, 9.17) is 9.47 Å². The molecule has 0 amide bonds. The van der Waals surface area contributed by atoms with Gasteiger partial charge in [-0.2, -0.15) is 0 Å². The maximum atomic E-state index is 6.51. The molecule has 5 unspecified atom stereocenters. The molecule has 5 heteroatoms. The van der Waals surface area contributed by atoms with Crippen molar-refractivity contribution in [2.24, 2.45) is 0 Å². The Hall–Kier alpha value is -0.581. The summed E-state index contributed by atoms with van der Waals surface area (Å²) in [6.07, 6.45) is 0. The Morgan fingerprint density at radius 1 is 0.509 bits per heavy atom. The van der Waals surface area contributed by atoms with Crippen LogP contribution >= 0.6 is 15.8 Å². The second-order valence-corrected chi connectivity index (χ2v) is 58.9. The summed E-state index contributed by atoms with van der Waals surface area (Å²) in [5.74, 6) is 2.27. The summed E-state index contributed by atoms with van der Waals surface area (Å²) in [5.41, 5.74) is 6.45. The molecule has 10 heterocycles. The third kappa shape index (κ3) is 1.36. The van der Waals surface area contributed by atoms with Crippen molar-refractivity contribution in [2.45, 2.75) is 216 Å². The van der Waals surface area contributed by atoms with Crippen molar-refractivity contribution in [1.29, 1.82) is 0 Å². The van der Waals surface area contributed by atoms with E-state index in [1.807, 2.05) is 14.2 Å². The van der Waals surface area contributed by atoms with E-state index < -0.39 is 14.4 Å². The summed E-state index contributed by atoms with van der Waals surface area (Å²) in [7, 11) is 3.01. The Bertz CT molecular complexity index is 2360. The van der Waals surface area contributed by atoms with E-state index in [0.717, 1.165) is 22.0 Å². The van der Waals surface area contributed by atoms with Crippen LogP contribution in [0.25, 0.3) is 0 Å². The molecule has 306 valence electrons. The first kappa shape index (κ1) is 36.3. The molecule has 1 spiro atoms. The molecule has 0 bridgehead atoms. The van der Waals surface area contributed by atoms with Gasteiger partial charge >= 0.3 is 331 Å². The minimum absolute atomic E-state index is 0.0255. The topological polar surface area (TPSA) is 18.5 Å². The van der Waals surface area contributed by atoms with E-state index in [1.165, 1.54) is 56.0 Å². The van der Waals surface area contributed by atoms with Gasteiger partial charge in [-0.15, -0.1) is 0 Å². The van der Waals surface area contributed by atoms with Crippen molar-refractivity contribution in [2.75, 3.05) is 14.2 Å². The number of hydrogen-bond acceptors (Lipinski definition) is 2. The van der Waals surface area contributed by atoms with E-state index in [0.29, 0.717) is 18.7 Å². The first-order valence-corrected chi connectivity index (χ1v) is 30.9. The van der Waals surface area contributed by atoms with Crippen LogP contribution in [0.2, 0.25) is 42.8 Å². The molecule has 0 N–H and O–H groups in total. The average molecular weight is 827 g/mol. The molecule has 10 saturated heterocycles. The van der Waals surface area contributed by atoms with Gasteiger partial charge < -0.3 is 0 Å². The zero-order chi connectivity index (χ0) is 40.5. The summed E-state index contributed by atoms with van der Waals surface area (Å²) >= 11 is 0. The predicted octanol–water partition coefficient (Wildman–Crippen LogP) is 14.5. The Labute approximate surface area is 329 Å². The summed E-state index contributed by atoms with van der Waals surface area (Å²) in [4.78, 5) is 9.77. The SMILES string of the molecule is COc1c(C(C)(C)C)cc(P(c2cc(C(C)(C)C)c(OC)c(C(C)(C)C)c2)[C]23[CH]4[CH]5[CH]6[C@]2(C(C)P(C(C)(C)C)C(C)(C)C)[Fe]54632789[CH]3[CH]2[CH]7[CH]8[CH]39)cc1C(C)(C)C. The fraction of sp³-hybridized carbons (Fsp3) is 0.760. The second kappa shape index (κ2) is 6.08. The third-order valence-electron chi connectivity index (χ3n) is 24.0. The Kier molecular flexibility index (Phi) is 4.01. The standard InChI is InChI=1S/C45H71O2P2.C5H5.Fe/c1-29(49(44(14,15)16)45(17,18)19)32-23-22-24-37(32)48(30-25-33(40(2,3)4)38(46-20)34(26-30)41(5,6)7)31-27-35(42(8,9)10)39(47-21)36(28-31)43(11,12)13;1-2-4-5-3-1;/h22-29H,1-21H3;1-5H;. The molecule has 0 radical (unpaired) electrons. The van der Waals surface area contributed by atoms with Crippen LogP contribution in [0.5, 0.6) is 11.5 Å². The van der Waals surface area contributed by atoms with Gasteiger partial charge in [-0.1, -0.05) is 0 Å². The molecule has 2 aromatic rings. The van der Waals surface area contributed by atoms with E-state index in [1.54, 1.807) is 10.6 Å². The molecule has 0 aromatic heterocycles. The van der Waals surface area contributed by atoms with Crippen LogP contribution in [0.1, 0.15) is 154 Å². The molecule has 10 fully saturated rings. The number of methoxy groups -OCH3 is 2. The van der Waals surface area contributed by atoms with Crippen molar-refractivity contribution in [3.8, 4) is 11.5 Å². The minimum atomic E-state index is -4.15. The third-order valence-corrected chi connectivity index (χ3v) is 78.4. The van der Waals surface area contributed by atoms with Crippen LogP contribution in [0, 0.1) is 0 Å². The second-order valence-electron chi connectivity index (χ2n) is 28.6. The maximum absolute atomic E-state index is 6.51. The summed E-state index contributed by atoms with van der Waals surface area (Å²) in [5, 5.41) is 4.11. The monoisotopic (exact) mass is 826 g/mol. The molecule has 0 saturated carbocycles. The number of ether oxygens (including phenoxy) is 2. The number of rotatable bonds is 7. The van der Waals surface area contributed by atoms with Gasteiger partial charge in [-0.05, 0) is 0 Å². The summed E-state index contributed by atoms with van der Waals surface area (Å²) < 4.78 is 14.3. The van der Waals surface area contributed by atoms with Gasteiger partial charge in [0.05, 0.1) is 0 Å². The van der Waals surface area contributed by atoms with Crippen LogP contribution in [-0.2, 0) is 28.2 Å². The van der Waals surface area contributed by atoms with Crippen molar-refractivity contribution >= 4 is 26.5 Å². The van der Waals surface area contributed by atoms with Gasteiger partial charge in [-0.3, -0.25) is 0 Å². The van der Waals surface area contributed by atoms with E-state index >= 15 is 0 Å². The van der Waals surface area contributed by atoms with Crippen molar-refractivity contribution in [3.63, 3.8) is 0 Å². The molecule has 10 aliphatic heterocycles. The van der Waals surface area contributed by atoms with E-state index in [9.17, 15) is 0 Å². The normalized spacial score (nSPS) is 49.1. The molecule has 10 aliphatic rings. The molecule has 12 rings (SSSR count). The molecule has 2 nitrogen and oxygen atoms in total. The Balaban J connectivity index is 1.21. The van der Waals surface area contributed by atoms with Gasteiger partial charge in [0.25, 0.3) is 0 Å². The van der Waals surface area contributed by atoms with Crippen molar-refractivity contribution in [3.05, 3.63) is 46.5 Å². The van der Waals surface area contributed by atoms with Crippen molar-refractivity contribution in [1.82, 2.24) is 0 Å². The summed E-state index contributed by atoms with van der Waals surface area (Å²) in [6.45, 7) is 43.8. The number of hydrogen-bond donors (Lipinski definition) is 0. The van der Waals surface area contributed by atoms with E-state index in [2.05, 4.69) is 156 Å². The van der Waals surface area contributed by atoms with Gasteiger partial charge in [0, 0.05) is 0 Å². The van der Waals surface area contributed by atoms with Crippen LogP contribution in [0.15, 0.2) is 24.3 Å². The quantitative estimate of drug-likeness (QED) is 0.205. The van der Waals surface area contributed by atoms with Gasteiger partial charge in [0.1, 0.15) is 0 Å². The molecule has 55 heavy (non-hydrogen) atoms. The van der Waals surface area contributed by atoms with Gasteiger partial charge in [0.15, 0.2) is 0 Å². The van der Waals surface area contributed by atoms with Crippen LogP contribution in [0.3, 0.4) is 0 Å². The average Bonchev–Trinajstić information content (AvgIpc) is 3.96. The van der Waals surface area contributed by atoms with Crippen LogP contribution in [0.4, 0.5) is 0 Å². The van der Waals surface area contributed by atoms with Gasteiger partial charge in [0.2, 0.25) is 0 Å². The Morgan fingerprint density at radius 3 is 1.04 bits per heavy atom. The fourth-order valence-electron chi connectivity index (χ4n) is 25.5. The summed E-state index contributed by atoms with van der Waals surface area (Å²) in [6, 6.07) is 11.0. The number of benzene rings is 2. The predicted molar refractivity (Wildman–Crippen MR) is 238 cm³/mol. The molecular weight excluding hydrogens is 750 g/mol. The van der Waals surface area contributed by atoms with Crippen LogP contribution < -0.4 is 20.1 Å². The van der Waals surface area contributed by atoms with Crippen molar-refractivity contribution < 1.29 is 16.0 Å². The first-order valence-electron chi connectivity index (χ1n) is 21.9. The molecule has 6 atom stereocenters. The van der Waals surface area contributed by atoms with Crippen LogP contribution in [-0.4, -0.2) is 34.2 Å². The van der Waals surface area contributed by atoms with E-state index in [-0.39, 0.29) is 29.6 Å².